The van der Waals surface area contributed by atoms with Gasteiger partial charge in [-0.25, -0.2) is 4.79 Å². The maximum atomic E-state index is 12.6. The fraction of sp³-hybridized carbons (Fsp3) is 0.455. The molecule has 0 spiro atoms. The number of carbonyl (C=O) groups excluding carboxylic acids is 3. The number of ether oxygens (including phenoxy) is 1. The summed E-state index contributed by atoms with van der Waals surface area (Å²) in [6, 6.07) is 7.08. The van der Waals surface area contributed by atoms with Crippen molar-refractivity contribution >= 4 is 23.6 Å². The molecule has 0 radical (unpaired) electrons. The van der Waals surface area contributed by atoms with Crippen molar-refractivity contribution in [3.8, 4) is 0 Å². The van der Waals surface area contributed by atoms with Crippen molar-refractivity contribution < 1.29 is 19.1 Å². The monoisotopic (exact) mass is 427 g/mol. The molecule has 0 unspecified atom stereocenters. The predicted molar refractivity (Wildman–Crippen MR) is 116 cm³/mol. The van der Waals surface area contributed by atoms with Gasteiger partial charge in [0, 0.05) is 31.5 Å². The number of likely N-dealkylation sites (tertiary alicyclic amines) is 1. The van der Waals surface area contributed by atoms with E-state index >= 15 is 0 Å². The van der Waals surface area contributed by atoms with Crippen molar-refractivity contribution in [2.45, 2.75) is 45.3 Å². The third-order valence-corrected chi connectivity index (χ3v) is 4.88. The average Bonchev–Trinajstić information content (AvgIpc) is 3.21. The van der Waals surface area contributed by atoms with Gasteiger partial charge in [-0.15, -0.1) is 0 Å². The minimum atomic E-state index is -0.525. The summed E-state index contributed by atoms with van der Waals surface area (Å²) in [5.74, 6) is -0.647. The first-order valence-corrected chi connectivity index (χ1v) is 10.4. The summed E-state index contributed by atoms with van der Waals surface area (Å²) in [4.78, 5) is 42.6. The third kappa shape index (κ3) is 6.31. The van der Waals surface area contributed by atoms with Crippen molar-refractivity contribution in [3.63, 3.8) is 0 Å². The van der Waals surface area contributed by atoms with Gasteiger partial charge in [-0.1, -0.05) is 0 Å². The van der Waals surface area contributed by atoms with Crippen LogP contribution in [0.25, 0.3) is 0 Å². The summed E-state index contributed by atoms with van der Waals surface area (Å²) in [6.07, 6.45) is 6.14. The molecule has 1 aliphatic heterocycles. The molecule has 2 N–H and O–H groups in total. The largest absolute Gasteiger partial charge is 0.444 e. The van der Waals surface area contributed by atoms with Gasteiger partial charge in [0.25, 0.3) is 5.91 Å². The van der Waals surface area contributed by atoms with Crippen LogP contribution in [0.15, 0.2) is 42.9 Å². The minimum absolute atomic E-state index is 0.0960. The normalized spacial score (nSPS) is 14.7. The van der Waals surface area contributed by atoms with Gasteiger partial charge in [-0.3, -0.25) is 14.6 Å². The topological polar surface area (TPSA) is 106 Å². The SMILES string of the molecule is CC(C)(C)OC(=O)N1CCC(n2cccc2C(=O)NCC(=O)Nc2cccnc2)CC1. The van der Waals surface area contributed by atoms with Gasteiger partial charge < -0.3 is 24.8 Å². The van der Waals surface area contributed by atoms with Gasteiger partial charge in [0.05, 0.1) is 18.4 Å². The van der Waals surface area contributed by atoms with E-state index in [0.29, 0.717) is 24.5 Å². The van der Waals surface area contributed by atoms with Crippen LogP contribution in [0.5, 0.6) is 0 Å². The molecule has 3 amide bonds. The first-order chi connectivity index (χ1) is 14.7. The highest BCUT2D eigenvalue weighted by Crippen LogP contribution is 2.25. The summed E-state index contributed by atoms with van der Waals surface area (Å²) in [6.45, 7) is 6.52. The van der Waals surface area contributed by atoms with Gasteiger partial charge in [0.15, 0.2) is 0 Å². The maximum absolute atomic E-state index is 12.6. The second kappa shape index (κ2) is 9.63. The van der Waals surface area contributed by atoms with E-state index in [-0.39, 0.29) is 30.5 Å². The molecule has 0 aliphatic carbocycles. The van der Waals surface area contributed by atoms with E-state index in [4.69, 9.17) is 4.74 Å². The number of nitrogens with zero attached hydrogens (tertiary/aromatic N) is 3. The third-order valence-electron chi connectivity index (χ3n) is 4.88. The van der Waals surface area contributed by atoms with Crippen LogP contribution >= 0.6 is 0 Å². The van der Waals surface area contributed by atoms with Crippen molar-refractivity contribution in [1.29, 1.82) is 0 Å². The quantitative estimate of drug-likeness (QED) is 0.763. The first-order valence-electron chi connectivity index (χ1n) is 10.4. The molecule has 3 heterocycles. The molecule has 2 aromatic heterocycles. The molecule has 9 nitrogen and oxygen atoms in total. The Kier molecular flexibility index (Phi) is 6.94. The van der Waals surface area contributed by atoms with Gasteiger partial charge in [0.2, 0.25) is 5.91 Å². The number of hydrogen-bond donors (Lipinski definition) is 2. The van der Waals surface area contributed by atoms with E-state index < -0.39 is 5.60 Å². The number of pyridine rings is 1. The lowest BCUT2D eigenvalue weighted by Crippen LogP contribution is -2.42. The Morgan fingerprint density at radius 1 is 1.16 bits per heavy atom. The minimum Gasteiger partial charge on any atom is -0.444 e. The second-order valence-electron chi connectivity index (χ2n) is 8.47. The Labute approximate surface area is 181 Å². The van der Waals surface area contributed by atoms with E-state index in [1.54, 1.807) is 29.3 Å². The molecule has 1 aliphatic rings. The Hall–Kier alpha value is -3.36. The number of nitrogens with one attached hydrogen (secondary N) is 2. The predicted octanol–water partition coefficient (Wildman–Crippen LogP) is 2.82. The van der Waals surface area contributed by atoms with Crippen LogP contribution in [-0.2, 0) is 9.53 Å². The highest BCUT2D eigenvalue weighted by atomic mass is 16.6. The number of hydrogen-bond acceptors (Lipinski definition) is 5. The molecule has 0 aromatic carbocycles. The van der Waals surface area contributed by atoms with E-state index in [2.05, 4.69) is 15.6 Å². The standard InChI is InChI=1S/C22H29N5O4/c1-22(2,3)31-21(30)26-12-8-17(9-13-26)27-11-5-7-18(27)20(29)24-15-19(28)25-16-6-4-10-23-14-16/h4-7,10-11,14,17H,8-9,12-13,15H2,1-3H3,(H,24,29)(H,25,28). The van der Waals surface area contributed by atoms with Crippen molar-refractivity contribution in [2.75, 3.05) is 25.0 Å². The van der Waals surface area contributed by atoms with E-state index in [1.165, 1.54) is 6.20 Å². The molecular weight excluding hydrogens is 398 g/mol. The van der Waals surface area contributed by atoms with Crippen molar-refractivity contribution in [1.82, 2.24) is 19.8 Å². The molecule has 31 heavy (non-hydrogen) atoms. The number of carbonyl (C=O) groups is 3. The number of anilines is 1. The Morgan fingerprint density at radius 3 is 2.55 bits per heavy atom. The van der Waals surface area contributed by atoms with Crippen molar-refractivity contribution in [3.05, 3.63) is 48.5 Å². The number of amides is 3. The van der Waals surface area contributed by atoms with E-state index in [1.807, 2.05) is 37.6 Å². The lowest BCUT2D eigenvalue weighted by atomic mass is 10.0. The number of rotatable bonds is 5. The summed E-state index contributed by atoms with van der Waals surface area (Å²) in [7, 11) is 0. The van der Waals surface area contributed by atoms with Gasteiger partial charge in [-0.2, -0.15) is 0 Å². The van der Waals surface area contributed by atoms with Crippen LogP contribution in [-0.4, -0.2) is 57.6 Å². The zero-order valence-corrected chi connectivity index (χ0v) is 18.1. The molecule has 1 saturated heterocycles. The molecule has 166 valence electrons. The molecule has 0 saturated carbocycles. The van der Waals surface area contributed by atoms with Gasteiger partial charge in [0.1, 0.15) is 11.3 Å². The summed E-state index contributed by atoms with van der Waals surface area (Å²) < 4.78 is 7.35. The highest BCUT2D eigenvalue weighted by Gasteiger charge is 2.28. The zero-order valence-electron chi connectivity index (χ0n) is 18.1. The van der Waals surface area contributed by atoms with E-state index in [0.717, 1.165) is 12.8 Å². The number of aromatic nitrogens is 2. The summed E-state index contributed by atoms with van der Waals surface area (Å²) in [5.41, 5.74) is 0.537. The molecule has 2 aromatic rings. The molecule has 0 atom stereocenters. The zero-order chi connectivity index (χ0) is 22.4. The second-order valence-corrected chi connectivity index (χ2v) is 8.47. The lowest BCUT2D eigenvalue weighted by molar-refractivity contribution is -0.115. The first kappa shape index (κ1) is 22.3. The number of piperidine rings is 1. The fourth-order valence-corrected chi connectivity index (χ4v) is 3.45. The molecule has 9 heteroatoms. The van der Waals surface area contributed by atoms with Crippen LogP contribution in [0, 0.1) is 0 Å². The fourth-order valence-electron chi connectivity index (χ4n) is 3.45. The van der Waals surface area contributed by atoms with E-state index in [9.17, 15) is 14.4 Å². The molecule has 0 bridgehead atoms. The van der Waals surface area contributed by atoms with Gasteiger partial charge >= 0.3 is 6.09 Å². The molecular formula is C22H29N5O4. The summed E-state index contributed by atoms with van der Waals surface area (Å²) in [5, 5.41) is 5.34. The molecule has 3 rings (SSSR count). The van der Waals surface area contributed by atoms with Crippen LogP contribution in [0.4, 0.5) is 10.5 Å². The average molecular weight is 428 g/mol. The maximum Gasteiger partial charge on any atom is 0.410 e. The highest BCUT2D eigenvalue weighted by molar-refractivity contribution is 5.98. The Morgan fingerprint density at radius 2 is 1.90 bits per heavy atom. The van der Waals surface area contributed by atoms with Crippen LogP contribution in [0.1, 0.15) is 50.1 Å². The lowest BCUT2D eigenvalue weighted by Gasteiger charge is -2.34. The van der Waals surface area contributed by atoms with Crippen LogP contribution in [0.2, 0.25) is 0 Å². The summed E-state index contributed by atoms with van der Waals surface area (Å²) >= 11 is 0. The Balaban J connectivity index is 1.52. The molecule has 1 fully saturated rings. The van der Waals surface area contributed by atoms with Crippen molar-refractivity contribution in [2.24, 2.45) is 0 Å². The smallest absolute Gasteiger partial charge is 0.410 e. The van der Waals surface area contributed by atoms with Gasteiger partial charge in [-0.05, 0) is 57.9 Å². The Bertz CT molecular complexity index is 911. The van der Waals surface area contributed by atoms with Crippen LogP contribution < -0.4 is 10.6 Å². The van der Waals surface area contributed by atoms with Crippen LogP contribution in [0.3, 0.4) is 0 Å².